The van der Waals surface area contributed by atoms with E-state index >= 15 is 0 Å². The molecule has 24 heavy (non-hydrogen) atoms. The number of aliphatic carboxylic acids is 1. The van der Waals surface area contributed by atoms with Gasteiger partial charge in [0.2, 0.25) is 0 Å². The van der Waals surface area contributed by atoms with Crippen LogP contribution < -0.4 is 4.74 Å². The van der Waals surface area contributed by atoms with E-state index in [9.17, 15) is 4.79 Å². The van der Waals surface area contributed by atoms with Gasteiger partial charge in [0.15, 0.2) is 0 Å². The van der Waals surface area contributed by atoms with E-state index in [0.717, 1.165) is 32.1 Å². The highest BCUT2D eigenvalue weighted by Crippen LogP contribution is 2.31. The smallest absolute Gasteiger partial charge is 0.303 e. The van der Waals surface area contributed by atoms with Crippen molar-refractivity contribution in [3.05, 3.63) is 59.1 Å². The Labute approximate surface area is 144 Å². The number of thiazole rings is 1. The topological polar surface area (TPSA) is 59.4 Å². The molecule has 4 nitrogen and oxygen atoms in total. The Hall–Kier alpha value is -2.66. The molecule has 0 saturated heterocycles. The van der Waals surface area contributed by atoms with Gasteiger partial charge in [0.05, 0.1) is 17.3 Å². The van der Waals surface area contributed by atoms with Crippen molar-refractivity contribution in [2.75, 3.05) is 7.11 Å². The van der Waals surface area contributed by atoms with Crippen LogP contribution in [0.3, 0.4) is 0 Å². The number of allylic oxidation sites excluding steroid dienone is 1. The van der Waals surface area contributed by atoms with E-state index in [1.54, 1.807) is 18.4 Å². The molecule has 1 aromatic heterocycles. The third-order valence-electron chi connectivity index (χ3n) is 3.63. The second kappa shape index (κ2) is 7.27. The third kappa shape index (κ3) is 3.81. The molecule has 5 heteroatoms. The molecule has 122 valence electrons. The number of hydrogen-bond donors (Lipinski definition) is 1. The molecular formula is C19H17NO3S. The number of ether oxygens (including phenoxy) is 1. The first-order chi connectivity index (χ1) is 11.7. The lowest BCUT2D eigenvalue weighted by atomic mass is 10.1. The SMILES string of the molecule is COc1ccc(/C=C(\CCC(=O)O)c2nc3ccccc3s2)cc1. The summed E-state index contributed by atoms with van der Waals surface area (Å²) in [4.78, 5) is 15.6. The van der Waals surface area contributed by atoms with Gasteiger partial charge in [-0.25, -0.2) is 4.98 Å². The molecule has 0 fully saturated rings. The van der Waals surface area contributed by atoms with Crippen LogP contribution in [0.15, 0.2) is 48.5 Å². The number of benzene rings is 2. The molecule has 3 rings (SSSR count). The molecule has 0 aliphatic carbocycles. The highest BCUT2D eigenvalue weighted by atomic mass is 32.1. The second-order valence-electron chi connectivity index (χ2n) is 5.32. The number of rotatable bonds is 6. The zero-order valence-corrected chi connectivity index (χ0v) is 14.0. The van der Waals surface area contributed by atoms with E-state index in [0.29, 0.717) is 6.42 Å². The quantitative estimate of drug-likeness (QED) is 0.706. The Kier molecular flexibility index (Phi) is 4.91. The van der Waals surface area contributed by atoms with Gasteiger partial charge in [-0.3, -0.25) is 4.79 Å². The number of fused-ring (bicyclic) bond motifs is 1. The first-order valence-corrected chi connectivity index (χ1v) is 8.40. The van der Waals surface area contributed by atoms with E-state index in [1.165, 1.54) is 0 Å². The summed E-state index contributed by atoms with van der Waals surface area (Å²) in [7, 11) is 1.63. The van der Waals surface area contributed by atoms with Gasteiger partial charge in [0, 0.05) is 6.42 Å². The largest absolute Gasteiger partial charge is 0.497 e. The average molecular weight is 339 g/mol. The maximum absolute atomic E-state index is 11.0. The molecule has 0 amide bonds. The molecule has 0 spiro atoms. The minimum atomic E-state index is -0.809. The van der Waals surface area contributed by atoms with Gasteiger partial charge in [-0.1, -0.05) is 24.3 Å². The minimum absolute atomic E-state index is 0.0813. The first-order valence-electron chi connectivity index (χ1n) is 7.58. The fraction of sp³-hybridized carbons (Fsp3) is 0.158. The van der Waals surface area contributed by atoms with Crippen molar-refractivity contribution in [2.24, 2.45) is 0 Å². The van der Waals surface area contributed by atoms with Crippen molar-refractivity contribution in [1.29, 1.82) is 0 Å². The zero-order valence-electron chi connectivity index (χ0n) is 13.2. The Morgan fingerprint density at radius 1 is 1.17 bits per heavy atom. The summed E-state index contributed by atoms with van der Waals surface area (Å²) in [6, 6.07) is 15.6. The second-order valence-corrected chi connectivity index (χ2v) is 6.35. The van der Waals surface area contributed by atoms with Gasteiger partial charge in [0.1, 0.15) is 10.8 Å². The van der Waals surface area contributed by atoms with E-state index in [1.807, 2.05) is 54.6 Å². The van der Waals surface area contributed by atoms with Gasteiger partial charge in [-0.15, -0.1) is 11.3 Å². The number of hydrogen-bond acceptors (Lipinski definition) is 4. The summed E-state index contributed by atoms with van der Waals surface area (Å²) in [6.07, 6.45) is 2.53. The molecule has 0 saturated carbocycles. The van der Waals surface area contributed by atoms with E-state index in [4.69, 9.17) is 9.84 Å². The fourth-order valence-corrected chi connectivity index (χ4v) is 3.40. The van der Waals surface area contributed by atoms with Gasteiger partial charge >= 0.3 is 5.97 Å². The summed E-state index contributed by atoms with van der Waals surface area (Å²) in [5.41, 5.74) is 2.87. The standard InChI is InChI=1S/C19H17NO3S/c1-23-15-9-6-13(7-10-15)12-14(8-11-18(21)22)19-20-16-4-2-3-5-17(16)24-19/h2-7,9-10,12H,8,11H2,1H3,(H,21,22)/b14-12+. The van der Waals surface area contributed by atoms with Crippen LogP contribution in [0.4, 0.5) is 0 Å². The number of aromatic nitrogens is 1. The van der Waals surface area contributed by atoms with Crippen molar-refractivity contribution < 1.29 is 14.6 Å². The molecule has 1 heterocycles. The highest BCUT2D eigenvalue weighted by molar-refractivity contribution is 7.19. The van der Waals surface area contributed by atoms with Gasteiger partial charge < -0.3 is 9.84 Å². The third-order valence-corrected chi connectivity index (χ3v) is 4.75. The van der Waals surface area contributed by atoms with Crippen LogP contribution >= 0.6 is 11.3 Å². The zero-order chi connectivity index (χ0) is 16.9. The molecular weight excluding hydrogens is 322 g/mol. The van der Waals surface area contributed by atoms with Crippen molar-refractivity contribution in [1.82, 2.24) is 4.98 Å². The van der Waals surface area contributed by atoms with Crippen LogP contribution in [0.1, 0.15) is 23.4 Å². The number of carboxylic acids is 1. The molecule has 0 radical (unpaired) electrons. The highest BCUT2D eigenvalue weighted by Gasteiger charge is 2.11. The van der Waals surface area contributed by atoms with Gasteiger partial charge in [-0.2, -0.15) is 0 Å². The van der Waals surface area contributed by atoms with Crippen LogP contribution in [0.25, 0.3) is 21.9 Å². The molecule has 2 aromatic carbocycles. The molecule has 3 aromatic rings. The first kappa shape index (κ1) is 16.2. The van der Waals surface area contributed by atoms with Crippen LogP contribution in [-0.4, -0.2) is 23.2 Å². The van der Waals surface area contributed by atoms with Crippen molar-refractivity contribution in [3.63, 3.8) is 0 Å². The molecule has 1 N–H and O–H groups in total. The summed E-state index contributed by atoms with van der Waals surface area (Å²) >= 11 is 1.59. The van der Waals surface area contributed by atoms with E-state index in [-0.39, 0.29) is 6.42 Å². The summed E-state index contributed by atoms with van der Waals surface area (Å²) in [5.74, 6) is -0.0176. The van der Waals surface area contributed by atoms with Crippen molar-refractivity contribution in [3.8, 4) is 5.75 Å². The average Bonchev–Trinajstić information content (AvgIpc) is 3.03. The Morgan fingerprint density at radius 2 is 1.92 bits per heavy atom. The van der Waals surface area contributed by atoms with Crippen molar-refractivity contribution >= 4 is 39.2 Å². The molecule has 0 bridgehead atoms. The predicted octanol–water partition coefficient (Wildman–Crippen LogP) is 4.71. The Bertz CT molecular complexity index is 848. The predicted molar refractivity (Wildman–Crippen MR) is 97.4 cm³/mol. The number of nitrogens with zero attached hydrogens (tertiary/aromatic N) is 1. The fourth-order valence-electron chi connectivity index (χ4n) is 2.39. The van der Waals surface area contributed by atoms with Crippen molar-refractivity contribution in [2.45, 2.75) is 12.8 Å². The van der Waals surface area contributed by atoms with Crippen LogP contribution in [0.5, 0.6) is 5.75 Å². The molecule has 0 aliphatic rings. The molecule has 0 unspecified atom stereocenters. The van der Waals surface area contributed by atoms with Crippen LogP contribution in [0.2, 0.25) is 0 Å². The maximum Gasteiger partial charge on any atom is 0.303 e. The van der Waals surface area contributed by atoms with Gasteiger partial charge in [-0.05, 0) is 47.9 Å². The summed E-state index contributed by atoms with van der Waals surface area (Å²) in [5, 5.41) is 9.89. The lowest BCUT2D eigenvalue weighted by Crippen LogP contribution is -1.95. The number of carboxylic acid groups (broad SMARTS) is 1. The summed E-state index contributed by atoms with van der Waals surface area (Å²) in [6.45, 7) is 0. The van der Waals surface area contributed by atoms with Gasteiger partial charge in [0.25, 0.3) is 0 Å². The Balaban J connectivity index is 1.97. The summed E-state index contributed by atoms with van der Waals surface area (Å²) < 4.78 is 6.27. The molecule has 0 aliphatic heterocycles. The maximum atomic E-state index is 11.0. The number of carbonyl (C=O) groups is 1. The number of methoxy groups -OCH3 is 1. The van der Waals surface area contributed by atoms with Crippen LogP contribution in [0, 0.1) is 0 Å². The lowest BCUT2D eigenvalue weighted by Gasteiger charge is -2.04. The normalized spacial score (nSPS) is 11.6. The van der Waals surface area contributed by atoms with Crippen LogP contribution in [-0.2, 0) is 4.79 Å². The molecule has 0 atom stereocenters. The minimum Gasteiger partial charge on any atom is -0.497 e. The monoisotopic (exact) mass is 339 g/mol. The Morgan fingerprint density at radius 3 is 2.58 bits per heavy atom. The van der Waals surface area contributed by atoms with E-state index in [2.05, 4.69) is 4.98 Å². The number of para-hydroxylation sites is 1. The van der Waals surface area contributed by atoms with E-state index < -0.39 is 5.97 Å². The lowest BCUT2D eigenvalue weighted by molar-refractivity contribution is -0.136.